The SMILES string of the molecule is C[C@H](CO)NC(=O)Nc1cc(Cl)ccc1Cl. The fourth-order valence-corrected chi connectivity index (χ4v) is 1.36. The van der Waals surface area contributed by atoms with E-state index in [4.69, 9.17) is 28.3 Å². The van der Waals surface area contributed by atoms with Crippen molar-refractivity contribution in [1.82, 2.24) is 5.32 Å². The molecular weight excluding hydrogens is 251 g/mol. The second-order valence-corrected chi connectivity index (χ2v) is 4.15. The van der Waals surface area contributed by atoms with Crippen LogP contribution in [0.4, 0.5) is 10.5 Å². The van der Waals surface area contributed by atoms with Crippen LogP contribution >= 0.6 is 23.2 Å². The van der Waals surface area contributed by atoms with Crippen LogP contribution in [0.5, 0.6) is 0 Å². The van der Waals surface area contributed by atoms with Gasteiger partial charge in [0.2, 0.25) is 0 Å². The van der Waals surface area contributed by atoms with Crippen molar-refractivity contribution < 1.29 is 9.90 Å². The Labute approximate surface area is 104 Å². The van der Waals surface area contributed by atoms with E-state index in [-0.39, 0.29) is 12.6 Å². The van der Waals surface area contributed by atoms with Crippen LogP contribution in [0.2, 0.25) is 10.0 Å². The van der Waals surface area contributed by atoms with Crippen molar-refractivity contribution in [2.45, 2.75) is 13.0 Å². The predicted molar refractivity (Wildman–Crippen MR) is 65.2 cm³/mol. The number of aliphatic hydroxyl groups excluding tert-OH is 1. The monoisotopic (exact) mass is 262 g/mol. The number of benzene rings is 1. The van der Waals surface area contributed by atoms with Crippen molar-refractivity contribution in [3.05, 3.63) is 28.2 Å². The van der Waals surface area contributed by atoms with Crippen LogP contribution in [0.1, 0.15) is 6.92 Å². The fourth-order valence-electron chi connectivity index (χ4n) is 1.02. The molecule has 1 rings (SSSR count). The Hall–Kier alpha value is -0.970. The van der Waals surface area contributed by atoms with Gasteiger partial charge in [0.25, 0.3) is 0 Å². The highest BCUT2D eigenvalue weighted by Gasteiger charge is 2.08. The molecule has 1 aromatic rings. The number of halogens is 2. The summed E-state index contributed by atoms with van der Waals surface area (Å²) in [6, 6.07) is 4.01. The Kier molecular flexibility index (Phi) is 4.86. The molecule has 16 heavy (non-hydrogen) atoms. The molecule has 0 fully saturated rings. The molecular formula is C10H12Cl2N2O2. The van der Waals surface area contributed by atoms with Gasteiger partial charge in [-0.15, -0.1) is 0 Å². The van der Waals surface area contributed by atoms with Gasteiger partial charge in [0.05, 0.1) is 23.4 Å². The third kappa shape index (κ3) is 3.89. The average molecular weight is 263 g/mol. The molecule has 0 aliphatic rings. The van der Waals surface area contributed by atoms with Crippen molar-refractivity contribution in [2.24, 2.45) is 0 Å². The summed E-state index contributed by atoms with van der Waals surface area (Å²) in [5, 5.41) is 14.7. The van der Waals surface area contributed by atoms with Crippen molar-refractivity contribution in [2.75, 3.05) is 11.9 Å². The second-order valence-electron chi connectivity index (χ2n) is 3.31. The van der Waals surface area contributed by atoms with E-state index in [0.717, 1.165) is 0 Å². The minimum atomic E-state index is -0.439. The number of carbonyl (C=O) groups is 1. The van der Waals surface area contributed by atoms with E-state index in [9.17, 15) is 4.79 Å². The molecule has 0 radical (unpaired) electrons. The van der Waals surface area contributed by atoms with Gasteiger partial charge in [-0.1, -0.05) is 23.2 Å². The Morgan fingerprint density at radius 3 is 2.81 bits per heavy atom. The molecule has 4 nitrogen and oxygen atoms in total. The second kappa shape index (κ2) is 5.94. The smallest absolute Gasteiger partial charge is 0.319 e. The first-order valence-electron chi connectivity index (χ1n) is 4.66. The van der Waals surface area contributed by atoms with Crippen LogP contribution in [0.15, 0.2) is 18.2 Å². The number of carbonyl (C=O) groups excluding carboxylic acids is 1. The summed E-state index contributed by atoms with van der Waals surface area (Å²) >= 11 is 11.6. The number of hydrogen-bond donors (Lipinski definition) is 3. The summed E-state index contributed by atoms with van der Waals surface area (Å²) in [6.45, 7) is 1.55. The average Bonchev–Trinajstić information content (AvgIpc) is 2.23. The lowest BCUT2D eigenvalue weighted by Crippen LogP contribution is -2.38. The van der Waals surface area contributed by atoms with Crippen molar-refractivity contribution in [1.29, 1.82) is 0 Å². The first-order chi connectivity index (χ1) is 7.52. The quantitative estimate of drug-likeness (QED) is 0.784. The summed E-state index contributed by atoms with van der Waals surface area (Å²) in [5.41, 5.74) is 0.428. The van der Waals surface area contributed by atoms with Crippen LogP contribution in [-0.4, -0.2) is 23.8 Å². The fraction of sp³-hybridized carbons (Fsp3) is 0.300. The van der Waals surface area contributed by atoms with E-state index in [2.05, 4.69) is 10.6 Å². The predicted octanol–water partition coefficient (Wildman–Crippen LogP) is 2.50. The molecule has 1 aromatic carbocycles. The topological polar surface area (TPSA) is 61.4 Å². The number of rotatable bonds is 3. The van der Waals surface area contributed by atoms with Gasteiger partial charge >= 0.3 is 6.03 Å². The molecule has 2 amide bonds. The largest absolute Gasteiger partial charge is 0.394 e. The van der Waals surface area contributed by atoms with Crippen LogP contribution in [0.3, 0.4) is 0 Å². The number of anilines is 1. The van der Waals surface area contributed by atoms with Gasteiger partial charge in [0, 0.05) is 5.02 Å². The van der Waals surface area contributed by atoms with E-state index in [1.165, 1.54) is 0 Å². The zero-order valence-electron chi connectivity index (χ0n) is 8.63. The van der Waals surface area contributed by atoms with E-state index in [0.29, 0.717) is 15.7 Å². The van der Waals surface area contributed by atoms with E-state index < -0.39 is 6.03 Å². The number of amides is 2. The molecule has 0 unspecified atom stereocenters. The van der Waals surface area contributed by atoms with Gasteiger partial charge < -0.3 is 15.7 Å². The Morgan fingerprint density at radius 2 is 2.19 bits per heavy atom. The van der Waals surface area contributed by atoms with Crippen molar-refractivity contribution in [3.63, 3.8) is 0 Å². The third-order valence-corrected chi connectivity index (χ3v) is 2.39. The van der Waals surface area contributed by atoms with Gasteiger partial charge in [0.15, 0.2) is 0 Å². The first-order valence-corrected chi connectivity index (χ1v) is 5.42. The van der Waals surface area contributed by atoms with Crippen LogP contribution < -0.4 is 10.6 Å². The molecule has 0 spiro atoms. The van der Waals surface area contributed by atoms with Gasteiger partial charge in [0.1, 0.15) is 0 Å². The van der Waals surface area contributed by atoms with Gasteiger partial charge in [-0.05, 0) is 25.1 Å². The molecule has 0 aromatic heterocycles. The molecule has 0 aliphatic heterocycles. The lowest BCUT2D eigenvalue weighted by atomic mass is 10.3. The molecule has 0 saturated heterocycles. The Bertz CT molecular complexity index is 385. The molecule has 0 saturated carbocycles. The lowest BCUT2D eigenvalue weighted by molar-refractivity contribution is 0.229. The van der Waals surface area contributed by atoms with Gasteiger partial charge in [-0.2, -0.15) is 0 Å². The third-order valence-electron chi connectivity index (χ3n) is 1.83. The number of hydrogen-bond acceptors (Lipinski definition) is 2. The van der Waals surface area contributed by atoms with E-state index in [1.54, 1.807) is 25.1 Å². The summed E-state index contributed by atoms with van der Waals surface area (Å²) in [6.07, 6.45) is 0. The van der Waals surface area contributed by atoms with Crippen LogP contribution in [-0.2, 0) is 0 Å². The molecule has 1 atom stereocenters. The molecule has 0 aliphatic carbocycles. The maximum atomic E-state index is 11.4. The highest BCUT2D eigenvalue weighted by molar-refractivity contribution is 6.35. The standard InChI is InChI=1S/C10H12Cl2N2O2/c1-6(5-15)13-10(16)14-9-4-7(11)2-3-8(9)12/h2-4,6,15H,5H2,1H3,(H2,13,14,16)/t6-/m1/s1. The van der Waals surface area contributed by atoms with Crippen LogP contribution in [0, 0.1) is 0 Å². The summed E-state index contributed by atoms with van der Waals surface area (Å²) < 4.78 is 0. The molecule has 6 heteroatoms. The Balaban J connectivity index is 2.65. The molecule has 3 N–H and O–H groups in total. The summed E-state index contributed by atoms with van der Waals surface area (Å²) in [5.74, 6) is 0. The van der Waals surface area contributed by atoms with Crippen molar-refractivity contribution >= 4 is 34.9 Å². The number of aliphatic hydroxyl groups is 1. The zero-order chi connectivity index (χ0) is 12.1. The maximum absolute atomic E-state index is 11.4. The maximum Gasteiger partial charge on any atom is 0.319 e. The summed E-state index contributed by atoms with van der Waals surface area (Å²) in [4.78, 5) is 11.4. The van der Waals surface area contributed by atoms with Gasteiger partial charge in [-0.25, -0.2) is 4.79 Å². The van der Waals surface area contributed by atoms with E-state index in [1.807, 2.05) is 0 Å². The summed E-state index contributed by atoms with van der Waals surface area (Å²) in [7, 11) is 0. The first kappa shape index (κ1) is 13.1. The van der Waals surface area contributed by atoms with Crippen LogP contribution in [0.25, 0.3) is 0 Å². The molecule has 0 bridgehead atoms. The molecule has 0 heterocycles. The minimum Gasteiger partial charge on any atom is -0.394 e. The Morgan fingerprint density at radius 1 is 1.50 bits per heavy atom. The van der Waals surface area contributed by atoms with Gasteiger partial charge in [-0.3, -0.25) is 0 Å². The minimum absolute atomic E-state index is 0.128. The normalized spacial score (nSPS) is 12.0. The van der Waals surface area contributed by atoms with Crippen molar-refractivity contribution in [3.8, 4) is 0 Å². The highest BCUT2D eigenvalue weighted by Crippen LogP contribution is 2.25. The lowest BCUT2D eigenvalue weighted by Gasteiger charge is -2.12. The molecule has 88 valence electrons. The number of urea groups is 1. The van der Waals surface area contributed by atoms with E-state index >= 15 is 0 Å². The highest BCUT2D eigenvalue weighted by atomic mass is 35.5. The zero-order valence-corrected chi connectivity index (χ0v) is 10.1. The number of nitrogens with one attached hydrogen (secondary N) is 2.